The molecule has 0 aromatic heterocycles. The van der Waals surface area contributed by atoms with E-state index in [0.29, 0.717) is 12.8 Å². The second kappa shape index (κ2) is 5.55. The van der Waals surface area contributed by atoms with Crippen molar-refractivity contribution in [3.63, 3.8) is 0 Å². The molecule has 19 heavy (non-hydrogen) atoms. The molecule has 0 aromatic rings. The van der Waals surface area contributed by atoms with Gasteiger partial charge in [-0.25, -0.2) is 0 Å². The zero-order valence-corrected chi connectivity index (χ0v) is 11.0. The molecule has 3 atom stereocenters. The van der Waals surface area contributed by atoms with Gasteiger partial charge in [0.15, 0.2) is 0 Å². The van der Waals surface area contributed by atoms with Crippen molar-refractivity contribution in [2.75, 3.05) is 6.54 Å². The monoisotopic (exact) mass is 265 g/mol. The first-order valence-electron chi connectivity index (χ1n) is 6.80. The normalized spacial score (nSPS) is 29.7. The van der Waals surface area contributed by atoms with E-state index in [-0.39, 0.29) is 42.5 Å². The SMILES string of the molecule is CC[C@@H]1C=CC[C@H]2C(=O)N(CCCC(=O)O)C(=O)[C@@H]12. The summed E-state index contributed by atoms with van der Waals surface area (Å²) in [6.45, 7) is 2.25. The number of carboxylic acids is 1. The van der Waals surface area contributed by atoms with Crippen LogP contribution in [0.2, 0.25) is 0 Å². The number of hydrogen-bond donors (Lipinski definition) is 1. The summed E-state index contributed by atoms with van der Waals surface area (Å²) < 4.78 is 0. The van der Waals surface area contributed by atoms with Gasteiger partial charge in [-0.15, -0.1) is 0 Å². The van der Waals surface area contributed by atoms with Crippen molar-refractivity contribution in [1.29, 1.82) is 0 Å². The molecule has 104 valence electrons. The number of nitrogens with zero attached hydrogens (tertiary/aromatic N) is 1. The van der Waals surface area contributed by atoms with Crippen LogP contribution in [0.3, 0.4) is 0 Å². The fourth-order valence-electron chi connectivity index (χ4n) is 3.06. The Balaban J connectivity index is 2.06. The lowest BCUT2D eigenvalue weighted by molar-refractivity contribution is -0.142. The standard InChI is InChI=1S/C14H19NO4/c1-2-9-5-3-6-10-12(9)14(19)15(13(10)18)8-4-7-11(16)17/h3,5,9-10,12H,2,4,6-8H2,1H3,(H,16,17)/t9-,10-,12+/m1/s1. The van der Waals surface area contributed by atoms with E-state index in [1.165, 1.54) is 4.90 Å². The van der Waals surface area contributed by atoms with Crippen molar-refractivity contribution < 1.29 is 19.5 Å². The third-order valence-electron chi connectivity index (χ3n) is 4.05. The Morgan fingerprint density at radius 2 is 2.16 bits per heavy atom. The first-order chi connectivity index (χ1) is 9.06. The van der Waals surface area contributed by atoms with Crippen LogP contribution >= 0.6 is 0 Å². The van der Waals surface area contributed by atoms with E-state index in [9.17, 15) is 14.4 Å². The van der Waals surface area contributed by atoms with Gasteiger partial charge < -0.3 is 5.11 Å². The average Bonchev–Trinajstić information content (AvgIpc) is 2.63. The molecule has 0 radical (unpaired) electrons. The number of amides is 2. The van der Waals surface area contributed by atoms with Gasteiger partial charge in [0.25, 0.3) is 0 Å². The molecule has 0 saturated carbocycles. The van der Waals surface area contributed by atoms with E-state index in [2.05, 4.69) is 0 Å². The summed E-state index contributed by atoms with van der Waals surface area (Å²) in [5, 5.41) is 8.61. The number of fused-ring (bicyclic) bond motifs is 1. The molecule has 0 unspecified atom stereocenters. The first kappa shape index (κ1) is 13.8. The minimum Gasteiger partial charge on any atom is -0.481 e. The summed E-state index contributed by atoms with van der Waals surface area (Å²) in [5.41, 5.74) is 0. The van der Waals surface area contributed by atoms with Crippen molar-refractivity contribution in [1.82, 2.24) is 4.90 Å². The van der Waals surface area contributed by atoms with Crippen LogP contribution in [-0.2, 0) is 14.4 Å². The predicted molar refractivity (Wildman–Crippen MR) is 68.1 cm³/mol. The molecule has 1 aliphatic heterocycles. The molecule has 0 bridgehead atoms. The lowest BCUT2D eigenvalue weighted by Crippen LogP contribution is -2.33. The fraction of sp³-hybridized carbons (Fsp3) is 0.643. The van der Waals surface area contributed by atoms with Crippen LogP contribution in [0.4, 0.5) is 0 Å². The highest BCUT2D eigenvalue weighted by Crippen LogP contribution is 2.39. The fourth-order valence-corrected chi connectivity index (χ4v) is 3.06. The number of carbonyl (C=O) groups is 3. The summed E-state index contributed by atoms with van der Waals surface area (Å²) in [6, 6.07) is 0. The van der Waals surface area contributed by atoms with E-state index in [1.807, 2.05) is 19.1 Å². The molecule has 1 aliphatic carbocycles. The molecule has 1 saturated heterocycles. The van der Waals surface area contributed by atoms with Gasteiger partial charge in [0.05, 0.1) is 11.8 Å². The third-order valence-corrected chi connectivity index (χ3v) is 4.05. The van der Waals surface area contributed by atoms with Crippen molar-refractivity contribution in [3.8, 4) is 0 Å². The van der Waals surface area contributed by atoms with E-state index >= 15 is 0 Å². The van der Waals surface area contributed by atoms with Gasteiger partial charge in [0, 0.05) is 13.0 Å². The topological polar surface area (TPSA) is 74.7 Å². The molecule has 1 fully saturated rings. The van der Waals surface area contributed by atoms with E-state index in [4.69, 9.17) is 5.11 Å². The smallest absolute Gasteiger partial charge is 0.303 e. The van der Waals surface area contributed by atoms with E-state index in [0.717, 1.165) is 6.42 Å². The molecular weight excluding hydrogens is 246 g/mol. The van der Waals surface area contributed by atoms with Crippen LogP contribution < -0.4 is 0 Å². The van der Waals surface area contributed by atoms with Crippen LogP contribution in [0.5, 0.6) is 0 Å². The molecule has 2 amide bonds. The number of carboxylic acid groups (broad SMARTS) is 1. The zero-order chi connectivity index (χ0) is 14.0. The number of hydrogen-bond acceptors (Lipinski definition) is 3. The Bertz CT molecular complexity index is 429. The van der Waals surface area contributed by atoms with Crippen LogP contribution in [0, 0.1) is 17.8 Å². The van der Waals surface area contributed by atoms with Gasteiger partial charge in [-0.1, -0.05) is 19.1 Å². The highest BCUT2D eigenvalue weighted by atomic mass is 16.4. The molecule has 1 N–H and O–H groups in total. The van der Waals surface area contributed by atoms with Crippen LogP contribution in [0.25, 0.3) is 0 Å². The van der Waals surface area contributed by atoms with E-state index < -0.39 is 5.97 Å². The maximum atomic E-state index is 12.3. The quantitative estimate of drug-likeness (QED) is 0.603. The number of likely N-dealkylation sites (tertiary alicyclic amines) is 1. The van der Waals surface area contributed by atoms with Gasteiger partial charge in [0.1, 0.15) is 0 Å². The molecular formula is C14H19NO4. The number of aliphatic carboxylic acids is 1. The van der Waals surface area contributed by atoms with Gasteiger partial charge in [-0.05, 0) is 25.2 Å². The number of imide groups is 1. The number of carbonyl (C=O) groups excluding carboxylic acids is 2. The van der Waals surface area contributed by atoms with Crippen molar-refractivity contribution in [3.05, 3.63) is 12.2 Å². The maximum absolute atomic E-state index is 12.3. The summed E-state index contributed by atoms with van der Waals surface area (Å²) in [7, 11) is 0. The van der Waals surface area contributed by atoms with Crippen LogP contribution in [0.1, 0.15) is 32.6 Å². The molecule has 5 heteroatoms. The second-order valence-electron chi connectivity index (χ2n) is 5.19. The minimum atomic E-state index is -0.899. The van der Waals surface area contributed by atoms with Gasteiger partial charge in [-0.3, -0.25) is 19.3 Å². The number of rotatable bonds is 5. The van der Waals surface area contributed by atoms with Crippen molar-refractivity contribution in [2.24, 2.45) is 17.8 Å². The van der Waals surface area contributed by atoms with E-state index in [1.54, 1.807) is 0 Å². The Morgan fingerprint density at radius 3 is 2.79 bits per heavy atom. The summed E-state index contributed by atoms with van der Waals surface area (Å²) in [6.07, 6.45) is 5.81. The Kier molecular flexibility index (Phi) is 4.02. The summed E-state index contributed by atoms with van der Waals surface area (Å²) >= 11 is 0. The molecule has 0 aromatic carbocycles. The largest absolute Gasteiger partial charge is 0.481 e. The van der Waals surface area contributed by atoms with Crippen LogP contribution in [0.15, 0.2) is 12.2 Å². The second-order valence-corrected chi connectivity index (χ2v) is 5.19. The van der Waals surface area contributed by atoms with Gasteiger partial charge in [0.2, 0.25) is 11.8 Å². The lowest BCUT2D eigenvalue weighted by Gasteiger charge is -2.24. The summed E-state index contributed by atoms with van der Waals surface area (Å²) in [4.78, 5) is 36.3. The number of allylic oxidation sites excluding steroid dienone is 2. The van der Waals surface area contributed by atoms with Crippen molar-refractivity contribution >= 4 is 17.8 Å². The highest BCUT2D eigenvalue weighted by Gasteiger charge is 2.50. The van der Waals surface area contributed by atoms with Gasteiger partial charge in [-0.2, -0.15) is 0 Å². The highest BCUT2D eigenvalue weighted by molar-refractivity contribution is 6.05. The third kappa shape index (κ3) is 2.55. The maximum Gasteiger partial charge on any atom is 0.303 e. The lowest BCUT2D eigenvalue weighted by atomic mass is 9.76. The zero-order valence-electron chi connectivity index (χ0n) is 11.0. The Morgan fingerprint density at radius 1 is 1.42 bits per heavy atom. The Labute approximate surface area is 112 Å². The van der Waals surface area contributed by atoms with Crippen LogP contribution in [-0.4, -0.2) is 34.3 Å². The molecule has 2 rings (SSSR count). The summed E-state index contributed by atoms with van der Waals surface area (Å²) in [5.74, 6) is -1.45. The molecule has 1 heterocycles. The average molecular weight is 265 g/mol. The minimum absolute atomic E-state index is 0.0121. The molecule has 0 spiro atoms. The predicted octanol–water partition coefficient (Wildman–Crippen LogP) is 1.44. The Hall–Kier alpha value is -1.65. The van der Waals surface area contributed by atoms with Crippen molar-refractivity contribution in [2.45, 2.75) is 32.6 Å². The first-order valence-corrected chi connectivity index (χ1v) is 6.80. The van der Waals surface area contributed by atoms with Gasteiger partial charge >= 0.3 is 5.97 Å². The molecule has 2 aliphatic rings. The molecule has 5 nitrogen and oxygen atoms in total.